The van der Waals surface area contributed by atoms with E-state index in [1.807, 2.05) is 0 Å². The van der Waals surface area contributed by atoms with Gasteiger partial charge in [-0.05, 0) is 18.2 Å². The number of aliphatic hydroxyl groups excluding tert-OH is 7. The maximum absolute atomic E-state index is 11.3. The smallest absolute Gasteiger partial charge is 0.302 e. The molecule has 0 aromatic heterocycles. The van der Waals surface area contributed by atoms with Crippen LogP contribution in [0.25, 0.3) is 6.08 Å². The predicted molar refractivity (Wildman–Crippen MR) is 149 cm³/mol. The van der Waals surface area contributed by atoms with Gasteiger partial charge in [-0.15, -0.1) is 0 Å². The number of carbonyl (C=O) groups is 1. The Morgan fingerprint density at radius 1 is 0.804 bits per heavy atom. The number of phenols is 3. The normalized spacial score (nSPS) is 34.1. The fourth-order valence-electron chi connectivity index (χ4n) is 5.19. The van der Waals surface area contributed by atoms with E-state index in [-0.39, 0.29) is 34.1 Å². The minimum Gasteiger partial charge on any atom is -0.571 e. The second-order valence-corrected chi connectivity index (χ2v) is 11.0. The lowest BCUT2D eigenvalue weighted by atomic mass is 9.98. The number of fused-ring (bicyclic) bond motifs is 1. The molecule has 3 heterocycles. The SMILES string of the molecule is CC(=O)OC[C@H]1O[C@@H](Oc2cc(O)cc3c2C=C(O[C@@H]2O[C@@H](CO)[C@@H](O)[C@H](O)[C@H]2O)C(c2ccc(O)c(O)c2)[OH+]3)[C@H](O)[C@@H](O)[C@@H]1O. The molecule has 3 aliphatic rings. The zero-order chi connectivity index (χ0) is 33.4. The maximum atomic E-state index is 11.3. The van der Waals surface area contributed by atoms with Crippen LogP contribution in [0.5, 0.6) is 28.7 Å². The van der Waals surface area contributed by atoms with Crippen molar-refractivity contribution in [1.29, 1.82) is 0 Å². The van der Waals surface area contributed by atoms with Gasteiger partial charge < -0.3 is 79.5 Å². The van der Waals surface area contributed by atoms with Crippen molar-refractivity contribution in [2.24, 2.45) is 0 Å². The Kier molecular flexibility index (Phi) is 9.78. The average Bonchev–Trinajstić information content (AvgIpc) is 3.02. The molecular weight excluding hydrogens is 620 g/mol. The van der Waals surface area contributed by atoms with Crippen molar-refractivity contribution in [3.05, 3.63) is 47.2 Å². The number of phenolic OH excluding ortho intramolecular Hbond substituents is 3. The predicted octanol–water partition coefficient (Wildman–Crippen LogP) is -2.29. The number of carbonyl (C=O) groups excluding carboxylic acids is 1. The Bertz CT molecular complexity index is 1450. The Hall–Kier alpha value is -3.91. The number of aromatic hydroxyl groups is 4. The molecule has 5 rings (SSSR count). The lowest BCUT2D eigenvalue weighted by Gasteiger charge is -2.41. The van der Waals surface area contributed by atoms with Crippen LogP contribution in [-0.4, -0.2) is 136 Å². The molecule has 3 aliphatic heterocycles. The highest BCUT2D eigenvalue weighted by atomic mass is 16.7. The molecule has 46 heavy (non-hydrogen) atoms. The Morgan fingerprint density at radius 3 is 2.07 bits per heavy atom. The van der Waals surface area contributed by atoms with E-state index in [1.54, 1.807) is 0 Å². The summed E-state index contributed by atoms with van der Waals surface area (Å²) in [4.78, 5) is 11.3. The van der Waals surface area contributed by atoms with Gasteiger partial charge in [0.2, 0.25) is 12.6 Å². The molecule has 0 bridgehead atoms. The monoisotopic (exact) mass is 655 g/mol. The lowest BCUT2D eigenvalue weighted by molar-refractivity contribution is -0.295. The molecule has 0 radical (unpaired) electrons. The van der Waals surface area contributed by atoms with E-state index in [9.17, 15) is 55.9 Å². The first-order valence-electron chi connectivity index (χ1n) is 14.1. The summed E-state index contributed by atoms with van der Waals surface area (Å²) in [5.74, 6) is -2.19. The van der Waals surface area contributed by atoms with Crippen molar-refractivity contribution >= 4 is 12.0 Å². The largest absolute Gasteiger partial charge is 0.571 e. The van der Waals surface area contributed by atoms with Crippen molar-refractivity contribution in [1.82, 2.24) is 0 Å². The van der Waals surface area contributed by atoms with Crippen LogP contribution in [0.2, 0.25) is 0 Å². The Balaban J connectivity index is 1.52. The van der Waals surface area contributed by atoms with E-state index < -0.39 is 98.2 Å². The summed E-state index contributed by atoms with van der Waals surface area (Å²) in [6.45, 7) is -0.0853. The lowest BCUT2D eigenvalue weighted by Crippen LogP contribution is -2.60. The summed E-state index contributed by atoms with van der Waals surface area (Å²) in [7, 11) is 0. The van der Waals surface area contributed by atoms with E-state index in [0.717, 1.165) is 13.0 Å². The van der Waals surface area contributed by atoms with E-state index in [2.05, 4.69) is 4.74 Å². The quantitative estimate of drug-likeness (QED) is 0.0814. The summed E-state index contributed by atoms with van der Waals surface area (Å²) in [6, 6.07) is 6.14. The first kappa shape index (κ1) is 33.5. The van der Waals surface area contributed by atoms with Crippen LogP contribution in [0.1, 0.15) is 24.2 Å². The fraction of sp³-hybridized carbons (Fsp3) is 0.483. The van der Waals surface area contributed by atoms with Gasteiger partial charge in [-0.25, -0.2) is 0 Å². The van der Waals surface area contributed by atoms with Crippen LogP contribution in [0.4, 0.5) is 0 Å². The molecule has 2 fully saturated rings. The number of benzene rings is 2. The molecule has 2 saturated heterocycles. The number of hydrogen-bond acceptors (Lipinski definition) is 16. The Labute approximate surface area is 260 Å². The third kappa shape index (κ3) is 6.63. The van der Waals surface area contributed by atoms with Crippen molar-refractivity contribution in [2.75, 3.05) is 13.2 Å². The molecule has 2 aromatic rings. The second-order valence-electron chi connectivity index (χ2n) is 11.0. The highest BCUT2D eigenvalue weighted by Crippen LogP contribution is 2.47. The molecule has 0 aliphatic carbocycles. The topological polar surface area (TPSA) is 278 Å². The third-order valence-corrected chi connectivity index (χ3v) is 7.71. The molecule has 1 unspecified atom stereocenters. The first-order chi connectivity index (χ1) is 21.8. The van der Waals surface area contributed by atoms with Crippen LogP contribution in [-0.2, 0) is 23.7 Å². The zero-order valence-electron chi connectivity index (χ0n) is 24.1. The van der Waals surface area contributed by atoms with Gasteiger partial charge in [0.05, 0.1) is 18.2 Å². The molecular formula is C29H35O17+. The minimum atomic E-state index is -1.82. The molecule has 252 valence electrons. The molecule has 11 N–H and O–H groups in total. The number of hydrogen-bond donors (Lipinski definition) is 10. The van der Waals surface area contributed by atoms with Gasteiger partial charge in [0.25, 0.3) is 11.9 Å². The molecule has 17 heteroatoms. The summed E-state index contributed by atoms with van der Waals surface area (Å²) in [5.41, 5.74) is 0.351. The van der Waals surface area contributed by atoms with Gasteiger partial charge in [-0.3, -0.25) is 4.79 Å². The molecule has 2 aromatic carbocycles. The van der Waals surface area contributed by atoms with Gasteiger partial charge in [0.1, 0.15) is 72.5 Å². The van der Waals surface area contributed by atoms with Gasteiger partial charge in [0, 0.05) is 19.1 Å². The minimum absolute atomic E-state index is 0.0797. The standard InChI is InChI=1S/C29H34O17/c1-10(31)41-9-20-22(36)24(38)26(40)28(46-20)43-17-6-12(32)5-16-13(17)7-18(27(42-16)11-2-3-14(33)15(34)4-11)44-29-25(39)23(37)21(35)19(8-30)45-29/h2-7,19-30,32-40H,8-9H2,1H3/p+1/t19-,20+,21+,22+,23-,24-,25+,26+,27?,28+,29+/m0/s1. The van der Waals surface area contributed by atoms with E-state index in [0.29, 0.717) is 0 Å². The van der Waals surface area contributed by atoms with Crippen LogP contribution in [0, 0.1) is 0 Å². The summed E-state index contributed by atoms with van der Waals surface area (Å²) < 4.78 is 32.3. The maximum Gasteiger partial charge on any atom is 0.302 e. The average molecular weight is 656 g/mol. The molecule has 0 saturated carbocycles. The molecule has 17 nitrogen and oxygen atoms in total. The van der Waals surface area contributed by atoms with Crippen molar-refractivity contribution in [3.8, 4) is 28.7 Å². The molecule has 11 atom stereocenters. The van der Waals surface area contributed by atoms with Crippen molar-refractivity contribution < 1.29 is 84.3 Å². The van der Waals surface area contributed by atoms with Crippen LogP contribution in [0.15, 0.2) is 36.1 Å². The van der Waals surface area contributed by atoms with Crippen LogP contribution >= 0.6 is 0 Å². The summed E-state index contributed by atoms with van der Waals surface area (Å²) >= 11 is 0. The molecule has 0 amide bonds. The number of esters is 1. The number of rotatable bonds is 8. The van der Waals surface area contributed by atoms with E-state index in [4.69, 9.17) is 23.7 Å². The van der Waals surface area contributed by atoms with Gasteiger partial charge >= 0.3 is 5.97 Å². The van der Waals surface area contributed by atoms with Gasteiger partial charge in [0.15, 0.2) is 17.3 Å². The van der Waals surface area contributed by atoms with Crippen LogP contribution < -0.4 is 4.74 Å². The highest BCUT2D eigenvalue weighted by molar-refractivity contribution is 5.70. The van der Waals surface area contributed by atoms with E-state index >= 15 is 0 Å². The number of aliphatic hydroxyl groups is 8. The molecule has 0 spiro atoms. The first-order valence-corrected chi connectivity index (χ1v) is 14.1. The van der Waals surface area contributed by atoms with Crippen molar-refractivity contribution in [3.63, 3.8) is 0 Å². The fourth-order valence-corrected chi connectivity index (χ4v) is 5.19. The van der Waals surface area contributed by atoms with E-state index in [1.165, 1.54) is 30.3 Å². The second kappa shape index (κ2) is 13.4. The summed E-state index contributed by atoms with van der Waals surface area (Å²) in [5, 5.41) is 103. The summed E-state index contributed by atoms with van der Waals surface area (Å²) in [6.07, 6.45) is -16.2. The van der Waals surface area contributed by atoms with Crippen molar-refractivity contribution in [2.45, 2.75) is 74.4 Å². The van der Waals surface area contributed by atoms with Gasteiger partial charge in [-0.2, -0.15) is 0 Å². The Morgan fingerprint density at radius 2 is 1.43 bits per heavy atom. The zero-order valence-corrected chi connectivity index (χ0v) is 24.1. The highest BCUT2D eigenvalue weighted by Gasteiger charge is 2.48. The van der Waals surface area contributed by atoms with Gasteiger partial charge in [-0.1, -0.05) is 0 Å². The number of ether oxygens (including phenoxy) is 6. The van der Waals surface area contributed by atoms with Crippen LogP contribution in [0.3, 0.4) is 0 Å². The third-order valence-electron chi connectivity index (χ3n) is 7.71.